The van der Waals surface area contributed by atoms with Gasteiger partial charge in [-0.15, -0.1) is 0 Å². The van der Waals surface area contributed by atoms with Gasteiger partial charge < -0.3 is 10.6 Å². The number of carbonyl (C=O) groups is 1. The molecule has 0 radical (unpaired) electrons. The first-order chi connectivity index (χ1) is 11.6. The molecule has 0 saturated carbocycles. The van der Waals surface area contributed by atoms with Crippen LogP contribution in [0.4, 0.5) is 0 Å². The molecular weight excluding hydrogens is 302 g/mol. The summed E-state index contributed by atoms with van der Waals surface area (Å²) >= 11 is 0. The second-order valence-corrected chi connectivity index (χ2v) is 6.38. The second-order valence-electron chi connectivity index (χ2n) is 6.38. The van der Waals surface area contributed by atoms with E-state index in [0.29, 0.717) is 6.54 Å². The number of benzene rings is 1. The molecule has 0 spiro atoms. The summed E-state index contributed by atoms with van der Waals surface area (Å²) in [4.78, 5) is 24.9. The molecule has 6 heteroatoms. The smallest absolute Gasteiger partial charge is 0.223 e. The topological polar surface area (TPSA) is 75.3 Å². The van der Waals surface area contributed by atoms with Crippen LogP contribution >= 0.6 is 0 Å². The van der Waals surface area contributed by atoms with Crippen molar-refractivity contribution in [1.29, 1.82) is 0 Å². The summed E-state index contributed by atoms with van der Waals surface area (Å²) in [6, 6.07) is 9.92. The SMILES string of the molecule is CN1CCN(Cc2cnc(-c3ccccc3)nc2)CC(C(N)=O)C1. The van der Waals surface area contributed by atoms with Gasteiger partial charge in [0, 0.05) is 56.2 Å². The molecular formula is C18H23N5O. The number of hydrogen-bond donors (Lipinski definition) is 1. The van der Waals surface area contributed by atoms with Crippen molar-refractivity contribution < 1.29 is 4.79 Å². The number of rotatable bonds is 4. The first-order valence-electron chi connectivity index (χ1n) is 8.18. The second kappa shape index (κ2) is 7.51. The lowest BCUT2D eigenvalue weighted by Crippen LogP contribution is -2.37. The van der Waals surface area contributed by atoms with E-state index in [-0.39, 0.29) is 11.8 Å². The lowest BCUT2D eigenvalue weighted by molar-refractivity contribution is -0.122. The fourth-order valence-corrected chi connectivity index (χ4v) is 2.99. The Kier molecular flexibility index (Phi) is 5.17. The van der Waals surface area contributed by atoms with Crippen molar-refractivity contribution in [2.75, 3.05) is 33.2 Å². The Bertz CT molecular complexity index is 674. The van der Waals surface area contributed by atoms with Crippen LogP contribution in [0, 0.1) is 5.92 Å². The van der Waals surface area contributed by atoms with Gasteiger partial charge in [0.25, 0.3) is 0 Å². The molecule has 2 aromatic rings. The highest BCUT2D eigenvalue weighted by molar-refractivity contribution is 5.77. The summed E-state index contributed by atoms with van der Waals surface area (Å²) in [7, 11) is 2.03. The molecule has 1 fully saturated rings. The number of nitrogens with zero attached hydrogens (tertiary/aromatic N) is 4. The summed E-state index contributed by atoms with van der Waals surface area (Å²) in [5.41, 5.74) is 7.57. The van der Waals surface area contributed by atoms with Gasteiger partial charge in [0.15, 0.2) is 5.82 Å². The Hall–Kier alpha value is -2.31. The number of aromatic nitrogens is 2. The Balaban J connectivity index is 1.68. The van der Waals surface area contributed by atoms with Gasteiger partial charge in [0.05, 0.1) is 5.92 Å². The molecule has 2 heterocycles. The molecule has 1 aliphatic rings. The monoisotopic (exact) mass is 325 g/mol. The van der Waals surface area contributed by atoms with Crippen LogP contribution in [-0.4, -0.2) is 58.9 Å². The van der Waals surface area contributed by atoms with Gasteiger partial charge >= 0.3 is 0 Å². The minimum Gasteiger partial charge on any atom is -0.369 e. The zero-order chi connectivity index (χ0) is 16.9. The fourth-order valence-electron chi connectivity index (χ4n) is 2.99. The van der Waals surface area contributed by atoms with Crippen molar-refractivity contribution in [2.45, 2.75) is 6.54 Å². The number of primary amides is 1. The average Bonchev–Trinajstić information content (AvgIpc) is 2.78. The molecule has 24 heavy (non-hydrogen) atoms. The van der Waals surface area contributed by atoms with Crippen molar-refractivity contribution in [3.8, 4) is 11.4 Å². The van der Waals surface area contributed by atoms with Crippen molar-refractivity contribution in [1.82, 2.24) is 19.8 Å². The van der Waals surface area contributed by atoms with Gasteiger partial charge in [-0.2, -0.15) is 0 Å². The van der Waals surface area contributed by atoms with E-state index < -0.39 is 0 Å². The predicted octanol–water partition coefficient (Wildman–Crippen LogP) is 0.992. The molecule has 0 aliphatic carbocycles. The summed E-state index contributed by atoms with van der Waals surface area (Å²) in [5, 5.41) is 0. The third-order valence-electron chi connectivity index (χ3n) is 4.35. The lowest BCUT2D eigenvalue weighted by atomic mass is 10.1. The number of hydrogen-bond acceptors (Lipinski definition) is 5. The molecule has 3 rings (SSSR count). The lowest BCUT2D eigenvalue weighted by Gasteiger charge is -2.22. The van der Waals surface area contributed by atoms with Crippen molar-refractivity contribution in [3.63, 3.8) is 0 Å². The summed E-state index contributed by atoms with van der Waals surface area (Å²) < 4.78 is 0. The normalized spacial score (nSPS) is 19.8. The number of likely N-dealkylation sites (N-methyl/N-ethyl adjacent to an activating group) is 1. The van der Waals surface area contributed by atoms with E-state index in [1.165, 1.54) is 0 Å². The van der Waals surface area contributed by atoms with E-state index in [2.05, 4.69) is 19.8 Å². The van der Waals surface area contributed by atoms with Gasteiger partial charge in [-0.3, -0.25) is 9.69 Å². The van der Waals surface area contributed by atoms with Gasteiger partial charge in [0.1, 0.15) is 0 Å². The summed E-state index contributed by atoms with van der Waals surface area (Å²) in [6.07, 6.45) is 3.73. The molecule has 1 aromatic heterocycles. The van der Waals surface area contributed by atoms with Crippen molar-refractivity contribution in [2.24, 2.45) is 11.7 Å². The zero-order valence-corrected chi connectivity index (χ0v) is 13.9. The maximum Gasteiger partial charge on any atom is 0.223 e. The molecule has 1 saturated heterocycles. The highest BCUT2D eigenvalue weighted by atomic mass is 16.1. The minimum atomic E-state index is -0.232. The van der Waals surface area contributed by atoms with E-state index in [9.17, 15) is 4.79 Å². The first kappa shape index (κ1) is 16.5. The molecule has 126 valence electrons. The Labute approximate surface area is 142 Å². The molecule has 1 amide bonds. The van der Waals surface area contributed by atoms with Gasteiger partial charge in [0.2, 0.25) is 5.91 Å². The van der Waals surface area contributed by atoms with Gasteiger partial charge in [-0.1, -0.05) is 30.3 Å². The third-order valence-corrected chi connectivity index (χ3v) is 4.35. The van der Waals surface area contributed by atoms with Crippen LogP contribution in [0.1, 0.15) is 5.56 Å². The van der Waals surface area contributed by atoms with Crippen LogP contribution in [0.5, 0.6) is 0 Å². The van der Waals surface area contributed by atoms with Crippen LogP contribution in [0.3, 0.4) is 0 Å². The van der Waals surface area contributed by atoms with Crippen LogP contribution in [-0.2, 0) is 11.3 Å². The quantitative estimate of drug-likeness (QED) is 0.907. The molecule has 1 atom stereocenters. The Morgan fingerprint density at radius 1 is 1.17 bits per heavy atom. The minimum absolute atomic E-state index is 0.137. The number of carbonyl (C=O) groups excluding carboxylic acids is 1. The molecule has 2 N–H and O–H groups in total. The number of amides is 1. The van der Waals surface area contributed by atoms with Gasteiger partial charge in [-0.05, 0) is 7.05 Å². The molecule has 1 unspecified atom stereocenters. The van der Waals surface area contributed by atoms with Crippen LogP contribution in [0.15, 0.2) is 42.7 Å². The maximum atomic E-state index is 11.6. The van der Waals surface area contributed by atoms with Gasteiger partial charge in [-0.25, -0.2) is 9.97 Å². The van der Waals surface area contributed by atoms with E-state index in [0.717, 1.165) is 43.1 Å². The van der Waals surface area contributed by atoms with E-state index in [4.69, 9.17) is 5.73 Å². The molecule has 1 aromatic carbocycles. The van der Waals surface area contributed by atoms with E-state index in [1.54, 1.807) is 0 Å². The van der Waals surface area contributed by atoms with Crippen LogP contribution in [0.2, 0.25) is 0 Å². The molecule has 6 nitrogen and oxygen atoms in total. The maximum absolute atomic E-state index is 11.6. The summed E-state index contributed by atoms with van der Waals surface area (Å²) in [6.45, 7) is 3.95. The van der Waals surface area contributed by atoms with E-state index >= 15 is 0 Å². The first-order valence-corrected chi connectivity index (χ1v) is 8.18. The fraction of sp³-hybridized carbons (Fsp3) is 0.389. The standard InChI is InChI=1S/C18H23N5O/c1-22-7-8-23(13-16(12-22)17(19)24)11-14-9-20-18(21-10-14)15-5-3-2-4-6-15/h2-6,9-10,16H,7-8,11-13H2,1H3,(H2,19,24). The largest absolute Gasteiger partial charge is 0.369 e. The van der Waals surface area contributed by atoms with Crippen molar-refractivity contribution in [3.05, 3.63) is 48.3 Å². The number of nitrogens with two attached hydrogens (primary N) is 1. The highest BCUT2D eigenvalue weighted by Gasteiger charge is 2.24. The summed E-state index contributed by atoms with van der Waals surface area (Å²) in [5.74, 6) is 0.358. The zero-order valence-electron chi connectivity index (χ0n) is 13.9. The van der Waals surface area contributed by atoms with Crippen molar-refractivity contribution >= 4 is 5.91 Å². The van der Waals surface area contributed by atoms with Crippen LogP contribution in [0.25, 0.3) is 11.4 Å². The van der Waals surface area contributed by atoms with E-state index in [1.807, 2.05) is 49.8 Å². The molecule has 1 aliphatic heterocycles. The predicted molar refractivity (Wildman–Crippen MR) is 92.9 cm³/mol. The Morgan fingerprint density at radius 3 is 2.54 bits per heavy atom. The third kappa shape index (κ3) is 4.15. The average molecular weight is 325 g/mol. The molecule has 0 bridgehead atoms. The highest BCUT2D eigenvalue weighted by Crippen LogP contribution is 2.15. The van der Waals surface area contributed by atoms with Crippen LogP contribution < -0.4 is 5.73 Å². The Morgan fingerprint density at radius 2 is 1.88 bits per heavy atom.